The highest BCUT2D eigenvalue weighted by molar-refractivity contribution is 7.91. The smallest absolute Gasteiger partial charge is 0.184 e. The van der Waals surface area contributed by atoms with Gasteiger partial charge in [-0.25, -0.2) is 8.42 Å². The molecule has 3 rings (SSSR count). The third-order valence-electron chi connectivity index (χ3n) is 3.73. The number of rotatable bonds is 2. The average molecular weight is 266 g/mol. The van der Waals surface area contributed by atoms with E-state index in [1.54, 1.807) is 0 Å². The molecule has 0 bridgehead atoms. The summed E-state index contributed by atoms with van der Waals surface area (Å²) in [6.07, 6.45) is 4.74. The largest absolute Gasteiger partial charge is 0.383 e. The Morgan fingerprint density at radius 3 is 2.78 bits per heavy atom. The molecule has 1 aromatic carbocycles. The van der Waals surface area contributed by atoms with E-state index in [-0.39, 0.29) is 5.75 Å². The molecule has 0 radical (unpaired) electrons. The van der Waals surface area contributed by atoms with Crippen LogP contribution in [0.3, 0.4) is 0 Å². The summed E-state index contributed by atoms with van der Waals surface area (Å²) >= 11 is 0. The summed E-state index contributed by atoms with van der Waals surface area (Å²) in [5.74, 6) is 0.184. The Hall–Kier alpha value is -1.23. The summed E-state index contributed by atoms with van der Waals surface area (Å²) in [6.45, 7) is 0.502. The minimum absolute atomic E-state index is 0.184. The first kappa shape index (κ1) is 11.8. The van der Waals surface area contributed by atoms with Gasteiger partial charge in [-0.15, -0.1) is 0 Å². The lowest BCUT2D eigenvalue weighted by Gasteiger charge is -2.23. The minimum Gasteiger partial charge on any atom is -0.383 e. The van der Waals surface area contributed by atoms with Gasteiger partial charge in [0.15, 0.2) is 9.84 Å². The van der Waals surface area contributed by atoms with Crippen LogP contribution in [0.25, 0.3) is 0 Å². The predicted octanol–water partition coefficient (Wildman–Crippen LogP) is 2.24. The molecule has 1 aromatic rings. The van der Waals surface area contributed by atoms with Crippen molar-refractivity contribution in [3.63, 3.8) is 0 Å². The lowest BCUT2D eigenvalue weighted by molar-refractivity contribution is 0.595. The maximum Gasteiger partial charge on any atom is 0.184 e. The molecule has 1 saturated carbocycles. The van der Waals surface area contributed by atoms with Gasteiger partial charge in [0, 0.05) is 12.6 Å². The van der Waals surface area contributed by atoms with Crippen LogP contribution in [0, 0.1) is 0 Å². The summed E-state index contributed by atoms with van der Waals surface area (Å²) < 4.78 is 24.4. The average Bonchev–Trinajstić information content (AvgIpc) is 2.81. The van der Waals surface area contributed by atoms with Gasteiger partial charge >= 0.3 is 0 Å². The molecule has 0 spiro atoms. The Kier molecular flexibility index (Phi) is 2.93. The van der Waals surface area contributed by atoms with Gasteiger partial charge in [-0.05, 0) is 25.0 Å². The zero-order valence-corrected chi connectivity index (χ0v) is 11.1. The van der Waals surface area contributed by atoms with Gasteiger partial charge in [-0.2, -0.15) is 0 Å². The fourth-order valence-corrected chi connectivity index (χ4v) is 4.35. The van der Waals surface area contributed by atoms with Crippen LogP contribution in [-0.2, 0) is 9.84 Å². The summed E-state index contributed by atoms with van der Waals surface area (Å²) in [5.41, 5.74) is 1.51. The van der Waals surface area contributed by atoms with Crippen molar-refractivity contribution in [2.45, 2.75) is 36.6 Å². The second-order valence-electron chi connectivity index (χ2n) is 5.05. The van der Waals surface area contributed by atoms with Gasteiger partial charge in [-0.1, -0.05) is 18.9 Å². The zero-order chi connectivity index (χ0) is 12.6. The molecule has 5 heteroatoms. The number of anilines is 2. The number of benzene rings is 1. The predicted molar refractivity (Wildman–Crippen MR) is 72.9 cm³/mol. The van der Waals surface area contributed by atoms with E-state index in [0.717, 1.165) is 24.2 Å². The highest BCUT2D eigenvalue weighted by Gasteiger charge is 2.27. The van der Waals surface area contributed by atoms with E-state index in [2.05, 4.69) is 10.6 Å². The third kappa shape index (κ3) is 2.07. The van der Waals surface area contributed by atoms with E-state index in [4.69, 9.17) is 0 Å². The maximum atomic E-state index is 12.2. The molecule has 4 nitrogen and oxygen atoms in total. The minimum atomic E-state index is -3.14. The van der Waals surface area contributed by atoms with Crippen LogP contribution in [0.1, 0.15) is 25.7 Å². The molecule has 1 aliphatic heterocycles. The molecule has 1 aliphatic carbocycles. The van der Waals surface area contributed by atoms with E-state index in [9.17, 15) is 8.42 Å². The number of sulfone groups is 1. The van der Waals surface area contributed by atoms with Crippen LogP contribution in [-0.4, -0.2) is 26.8 Å². The standard InChI is InChI=1S/C13H18N2O2S/c16-18(17)9-8-14-11-6-3-7-12(13(11)18)15-10-4-1-2-5-10/h3,6-7,10,14-15H,1-2,4-5,8-9H2. The van der Waals surface area contributed by atoms with Crippen molar-refractivity contribution in [3.8, 4) is 0 Å². The zero-order valence-electron chi connectivity index (χ0n) is 10.3. The molecule has 0 saturated heterocycles. The molecule has 2 N–H and O–H groups in total. The molecule has 98 valence electrons. The van der Waals surface area contributed by atoms with Gasteiger partial charge in [0.25, 0.3) is 0 Å². The van der Waals surface area contributed by atoms with E-state index < -0.39 is 9.84 Å². The Morgan fingerprint density at radius 1 is 1.22 bits per heavy atom. The Labute approximate surface area is 108 Å². The second-order valence-corrected chi connectivity index (χ2v) is 7.10. The summed E-state index contributed by atoms with van der Waals surface area (Å²) in [5, 5.41) is 6.57. The first-order chi connectivity index (χ1) is 8.67. The van der Waals surface area contributed by atoms with E-state index >= 15 is 0 Å². The number of hydrogen-bond acceptors (Lipinski definition) is 4. The van der Waals surface area contributed by atoms with Crippen LogP contribution < -0.4 is 10.6 Å². The fourth-order valence-electron chi connectivity index (χ4n) is 2.84. The Morgan fingerprint density at radius 2 is 2.00 bits per heavy atom. The van der Waals surface area contributed by atoms with Crippen molar-refractivity contribution in [1.82, 2.24) is 0 Å². The quantitative estimate of drug-likeness (QED) is 0.862. The Balaban J connectivity index is 1.99. The van der Waals surface area contributed by atoms with Gasteiger partial charge in [-0.3, -0.25) is 0 Å². The highest BCUT2D eigenvalue weighted by atomic mass is 32.2. The molecule has 0 aromatic heterocycles. The number of hydrogen-bond donors (Lipinski definition) is 2. The van der Waals surface area contributed by atoms with Gasteiger partial charge in [0.05, 0.1) is 17.1 Å². The van der Waals surface area contributed by atoms with Crippen molar-refractivity contribution in [2.24, 2.45) is 0 Å². The lowest BCUT2D eigenvalue weighted by atomic mass is 10.2. The normalized spacial score (nSPS) is 22.2. The molecule has 1 fully saturated rings. The first-order valence-electron chi connectivity index (χ1n) is 6.53. The maximum absolute atomic E-state index is 12.2. The van der Waals surface area contributed by atoms with Gasteiger partial charge in [0.1, 0.15) is 4.90 Å². The van der Waals surface area contributed by atoms with Crippen molar-refractivity contribution >= 4 is 21.2 Å². The van der Waals surface area contributed by atoms with Crippen molar-refractivity contribution < 1.29 is 8.42 Å². The van der Waals surface area contributed by atoms with Crippen LogP contribution in [0.2, 0.25) is 0 Å². The third-order valence-corrected chi connectivity index (χ3v) is 5.53. The Bertz CT molecular complexity index is 548. The first-order valence-corrected chi connectivity index (χ1v) is 8.18. The molecule has 18 heavy (non-hydrogen) atoms. The summed E-state index contributed by atoms with van der Waals surface area (Å²) in [7, 11) is -3.14. The molecule has 0 amide bonds. The van der Waals surface area contributed by atoms with E-state index in [0.29, 0.717) is 17.5 Å². The lowest BCUT2D eigenvalue weighted by Crippen LogP contribution is -2.26. The molecule has 1 heterocycles. The van der Waals surface area contributed by atoms with Crippen molar-refractivity contribution in [2.75, 3.05) is 22.9 Å². The number of fused-ring (bicyclic) bond motifs is 1. The van der Waals surface area contributed by atoms with Crippen LogP contribution in [0.15, 0.2) is 23.1 Å². The SMILES string of the molecule is O=S1(=O)CCNc2cccc(NC3CCCC3)c21. The van der Waals surface area contributed by atoms with E-state index in [1.165, 1.54) is 12.8 Å². The van der Waals surface area contributed by atoms with Crippen LogP contribution in [0.4, 0.5) is 11.4 Å². The monoisotopic (exact) mass is 266 g/mol. The topological polar surface area (TPSA) is 58.2 Å². The highest BCUT2D eigenvalue weighted by Crippen LogP contribution is 2.34. The van der Waals surface area contributed by atoms with Crippen LogP contribution in [0.5, 0.6) is 0 Å². The molecule has 2 aliphatic rings. The van der Waals surface area contributed by atoms with E-state index in [1.807, 2.05) is 18.2 Å². The van der Waals surface area contributed by atoms with Gasteiger partial charge in [0.2, 0.25) is 0 Å². The van der Waals surface area contributed by atoms with Crippen molar-refractivity contribution in [1.29, 1.82) is 0 Å². The second kappa shape index (κ2) is 4.46. The fraction of sp³-hybridized carbons (Fsp3) is 0.538. The molecular formula is C13H18N2O2S. The van der Waals surface area contributed by atoms with Crippen molar-refractivity contribution in [3.05, 3.63) is 18.2 Å². The van der Waals surface area contributed by atoms with Gasteiger partial charge < -0.3 is 10.6 Å². The molecular weight excluding hydrogens is 248 g/mol. The summed E-state index contributed by atoms with van der Waals surface area (Å²) in [4.78, 5) is 0.461. The summed E-state index contributed by atoms with van der Waals surface area (Å²) in [6, 6.07) is 6.05. The van der Waals surface area contributed by atoms with Crippen LogP contribution >= 0.6 is 0 Å². The molecule has 0 unspecified atom stereocenters. The molecule has 0 atom stereocenters. The number of nitrogens with one attached hydrogen (secondary N) is 2.